The van der Waals surface area contributed by atoms with Crippen LogP contribution < -0.4 is 9.47 Å². The number of methoxy groups -OCH3 is 2. The monoisotopic (exact) mass is 498 g/mol. The predicted molar refractivity (Wildman–Crippen MR) is 119 cm³/mol. The van der Waals surface area contributed by atoms with E-state index in [9.17, 15) is 0 Å². The first-order valence-electron chi connectivity index (χ1n) is 9.21. The summed E-state index contributed by atoms with van der Waals surface area (Å²) in [6.07, 6.45) is 4.12. The smallest absolute Gasteiger partial charge is 0.118 e. The van der Waals surface area contributed by atoms with Gasteiger partial charge in [0.1, 0.15) is 11.5 Å². The van der Waals surface area contributed by atoms with E-state index >= 15 is 0 Å². The van der Waals surface area contributed by atoms with Crippen molar-refractivity contribution in [2.24, 2.45) is 0 Å². The van der Waals surface area contributed by atoms with Gasteiger partial charge in [0.05, 0.1) is 26.4 Å². The van der Waals surface area contributed by atoms with Crippen molar-refractivity contribution in [3.05, 3.63) is 59.7 Å². The fourth-order valence-corrected chi connectivity index (χ4v) is 4.02. The van der Waals surface area contributed by atoms with Crippen LogP contribution in [0.4, 0.5) is 0 Å². The highest BCUT2D eigenvalue weighted by Crippen LogP contribution is 2.20. The van der Waals surface area contributed by atoms with Crippen molar-refractivity contribution in [1.29, 1.82) is 0 Å². The highest BCUT2D eigenvalue weighted by atomic mass is 79.9. The first kappa shape index (κ1) is 22.3. The van der Waals surface area contributed by atoms with Gasteiger partial charge in [0, 0.05) is 10.7 Å². The molecule has 5 heteroatoms. The van der Waals surface area contributed by atoms with E-state index in [0.717, 1.165) is 47.8 Å². The fraction of sp³-hybridized carbons (Fsp3) is 0.455. The molecule has 0 aliphatic carbocycles. The number of hydrogen-bond acceptors (Lipinski definition) is 3. The molecule has 0 N–H and O–H groups in total. The van der Waals surface area contributed by atoms with E-state index in [2.05, 4.69) is 56.1 Å². The van der Waals surface area contributed by atoms with Gasteiger partial charge in [-0.3, -0.25) is 0 Å². The van der Waals surface area contributed by atoms with Crippen molar-refractivity contribution in [2.75, 3.05) is 24.9 Å². The second-order valence-electron chi connectivity index (χ2n) is 6.44. The third kappa shape index (κ3) is 7.84. The topological polar surface area (TPSA) is 27.7 Å². The average Bonchev–Trinajstić information content (AvgIpc) is 2.69. The van der Waals surface area contributed by atoms with Crippen molar-refractivity contribution >= 4 is 31.9 Å². The molecule has 0 heterocycles. The minimum absolute atomic E-state index is 0.181. The maximum absolute atomic E-state index is 6.53. The Morgan fingerprint density at radius 3 is 1.33 bits per heavy atom. The molecule has 0 spiro atoms. The van der Waals surface area contributed by atoms with E-state index < -0.39 is 0 Å². The molecule has 0 fully saturated rings. The number of hydrogen-bond donors (Lipinski definition) is 0. The average molecular weight is 500 g/mol. The van der Waals surface area contributed by atoms with E-state index in [1.54, 1.807) is 14.2 Å². The second-order valence-corrected chi connectivity index (χ2v) is 8.03. The van der Waals surface area contributed by atoms with Gasteiger partial charge in [-0.15, -0.1) is 0 Å². The van der Waals surface area contributed by atoms with Crippen LogP contribution in [0.25, 0.3) is 0 Å². The molecule has 0 aliphatic heterocycles. The van der Waals surface area contributed by atoms with E-state index in [4.69, 9.17) is 14.2 Å². The van der Waals surface area contributed by atoms with Gasteiger partial charge in [0.2, 0.25) is 0 Å². The molecule has 0 aliphatic rings. The molecule has 2 unspecified atom stereocenters. The van der Waals surface area contributed by atoms with Crippen LogP contribution in [0.1, 0.15) is 24.0 Å². The lowest BCUT2D eigenvalue weighted by molar-refractivity contribution is -0.0132. The van der Waals surface area contributed by atoms with Gasteiger partial charge in [-0.25, -0.2) is 0 Å². The Bertz CT molecular complexity index is 586. The molecule has 0 saturated heterocycles. The van der Waals surface area contributed by atoms with E-state index in [1.165, 1.54) is 11.1 Å². The van der Waals surface area contributed by atoms with Crippen LogP contribution in [-0.2, 0) is 17.6 Å². The molecule has 0 saturated carbocycles. The molecule has 2 rings (SSSR count). The summed E-state index contributed by atoms with van der Waals surface area (Å²) in [5.41, 5.74) is 2.53. The van der Waals surface area contributed by atoms with Gasteiger partial charge < -0.3 is 14.2 Å². The van der Waals surface area contributed by atoms with Crippen LogP contribution in [0.5, 0.6) is 11.5 Å². The molecular weight excluding hydrogens is 472 g/mol. The first-order chi connectivity index (χ1) is 13.2. The summed E-state index contributed by atoms with van der Waals surface area (Å²) in [6, 6.07) is 16.5. The van der Waals surface area contributed by atoms with Crippen LogP contribution in [0, 0.1) is 0 Å². The molecule has 0 radical (unpaired) electrons. The van der Waals surface area contributed by atoms with E-state index in [1.807, 2.05) is 24.3 Å². The van der Waals surface area contributed by atoms with Crippen LogP contribution in [-0.4, -0.2) is 37.1 Å². The van der Waals surface area contributed by atoms with Crippen molar-refractivity contribution in [3.8, 4) is 11.5 Å². The zero-order valence-corrected chi connectivity index (χ0v) is 19.2. The number of ether oxygens (including phenoxy) is 3. The summed E-state index contributed by atoms with van der Waals surface area (Å²) >= 11 is 7.15. The quantitative estimate of drug-likeness (QED) is 0.345. The Morgan fingerprint density at radius 2 is 1.04 bits per heavy atom. The van der Waals surface area contributed by atoms with Crippen molar-refractivity contribution in [2.45, 2.75) is 37.9 Å². The highest BCUT2D eigenvalue weighted by Gasteiger charge is 2.17. The summed E-state index contributed by atoms with van der Waals surface area (Å²) in [5, 5.41) is 1.86. The zero-order valence-electron chi connectivity index (χ0n) is 16.0. The van der Waals surface area contributed by atoms with Gasteiger partial charge in [0.15, 0.2) is 0 Å². The Balaban J connectivity index is 2.01. The Hall–Kier alpha value is -1.04. The van der Waals surface area contributed by atoms with Gasteiger partial charge in [-0.2, -0.15) is 0 Å². The molecule has 2 aromatic carbocycles. The third-order valence-electron chi connectivity index (χ3n) is 4.49. The molecule has 0 bridgehead atoms. The van der Waals surface area contributed by atoms with Gasteiger partial charge >= 0.3 is 0 Å². The molecule has 27 heavy (non-hydrogen) atoms. The largest absolute Gasteiger partial charge is 0.497 e. The lowest BCUT2D eigenvalue weighted by Crippen LogP contribution is -2.27. The predicted octanol–water partition coefficient (Wildman–Crippen LogP) is 5.81. The molecule has 2 aromatic rings. The number of halogens is 2. The van der Waals surface area contributed by atoms with Gasteiger partial charge in [-0.05, 0) is 61.1 Å². The van der Waals surface area contributed by atoms with Crippen LogP contribution in [0.15, 0.2) is 48.5 Å². The summed E-state index contributed by atoms with van der Waals surface area (Å²) in [5.74, 6) is 1.77. The maximum atomic E-state index is 6.53. The first-order valence-corrected chi connectivity index (χ1v) is 11.5. The van der Waals surface area contributed by atoms with Crippen LogP contribution in [0.2, 0.25) is 0 Å². The van der Waals surface area contributed by atoms with Gasteiger partial charge in [0.25, 0.3) is 0 Å². The molecule has 0 aromatic heterocycles. The maximum Gasteiger partial charge on any atom is 0.118 e. The Labute approximate surface area is 179 Å². The van der Waals surface area contributed by atoms with E-state index in [-0.39, 0.29) is 12.2 Å². The Kier molecular flexibility index (Phi) is 10.2. The van der Waals surface area contributed by atoms with Crippen LogP contribution in [0.3, 0.4) is 0 Å². The number of rotatable bonds is 12. The number of alkyl halides is 2. The van der Waals surface area contributed by atoms with Crippen molar-refractivity contribution in [3.63, 3.8) is 0 Å². The molecule has 0 amide bonds. The summed E-state index contributed by atoms with van der Waals surface area (Å²) in [7, 11) is 3.38. The van der Waals surface area contributed by atoms with Crippen molar-refractivity contribution < 1.29 is 14.2 Å². The lowest BCUT2D eigenvalue weighted by Gasteiger charge is -2.25. The molecular formula is C22H28Br2O3. The summed E-state index contributed by atoms with van der Waals surface area (Å²) in [4.78, 5) is 0. The second kappa shape index (κ2) is 12.4. The fourth-order valence-electron chi connectivity index (χ4n) is 3.00. The minimum atomic E-state index is 0.181. The van der Waals surface area contributed by atoms with E-state index in [0.29, 0.717) is 0 Å². The molecule has 2 atom stereocenters. The Morgan fingerprint density at radius 1 is 0.667 bits per heavy atom. The normalized spacial score (nSPS) is 13.2. The number of benzene rings is 2. The summed E-state index contributed by atoms with van der Waals surface area (Å²) in [6.45, 7) is 0. The molecule has 3 nitrogen and oxygen atoms in total. The standard InChI is InChI=1S/C22H28Br2O3/c1-25-19-7-3-17(4-8-19)15-21(11-13-23)27-22(12-14-24)16-18-5-9-20(26-2)10-6-18/h3-10,21-22H,11-16H2,1-2H3. The zero-order chi connectivity index (χ0) is 19.5. The third-order valence-corrected chi connectivity index (χ3v) is 5.41. The molecule has 148 valence electrons. The van der Waals surface area contributed by atoms with Crippen LogP contribution >= 0.6 is 31.9 Å². The minimum Gasteiger partial charge on any atom is -0.497 e. The highest BCUT2D eigenvalue weighted by molar-refractivity contribution is 9.09. The van der Waals surface area contributed by atoms with Gasteiger partial charge in [-0.1, -0.05) is 56.1 Å². The lowest BCUT2D eigenvalue weighted by atomic mass is 10.0. The SMILES string of the molecule is COc1ccc(CC(CCBr)OC(CCBr)Cc2ccc(OC)cc2)cc1. The van der Waals surface area contributed by atoms with Crippen molar-refractivity contribution in [1.82, 2.24) is 0 Å². The summed E-state index contributed by atoms with van der Waals surface area (Å²) < 4.78 is 17.0.